The molecule has 0 bridgehead atoms. The molecule has 3 aromatic rings. The first kappa shape index (κ1) is 15.8. The third-order valence-corrected chi connectivity index (χ3v) is 4.22. The van der Waals surface area contributed by atoms with Gasteiger partial charge >= 0.3 is 6.18 Å². The third kappa shape index (κ3) is 3.01. The smallest absolute Gasteiger partial charge is 0.337 e. The second kappa shape index (κ2) is 5.98. The molecule has 0 atom stereocenters. The highest BCUT2D eigenvalue weighted by atomic mass is 19.4. The average molecular weight is 349 g/mol. The van der Waals surface area contributed by atoms with Crippen molar-refractivity contribution in [3.8, 4) is 11.4 Å². The molecule has 0 spiro atoms. The maximum absolute atomic E-state index is 13.2. The minimum absolute atomic E-state index is 0.0243. The fourth-order valence-corrected chi connectivity index (χ4v) is 3.09. The molecular formula is C16H14F3N5O. The third-order valence-electron chi connectivity index (χ3n) is 4.22. The summed E-state index contributed by atoms with van der Waals surface area (Å²) in [6, 6.07) is 3.46. The van der Waals surface area contributed by atoms with Crippen LogP contribution in [0.2, 0.25) is 0 Å². The SMILES string of the molecule is FC(F)(F)c1nn(Cc2nc(-c3ccncc3)no2)c2c1CCCC2. The van der Waals surface area contributed by atoms with Crippen molar-refractivity contribution in [3.63, 3.8) is 0 Å². The topological polar surface area (TPSA) is 69.6 Å². The Bertz CT molecular complexity index is 885. The van der Waals surface area contributed by atoms with Crippen LogP contribution in [0.25, 0.3) is 11.4 Å². The molecule has 0 radical (unpaired) electrons. The second-order valence-electron chi connectivity index (χ2n) is 5.88. The first-order valence-corrected chi connectivity index (χ1v) is 7.91. The fourth-order valence-electron chi connectivity index (χ4n) is 3.09. The van der Waals surface area contributed by atoms with Crippen molar-refractivity contribution in [1.29, 1.82) is 0 Å². The van der Waals surface area contributed by atoms with Gasteiger partial charge in [0.05, 0.1) is 0 Å². The number of alkyl halides is 3. The van der Waals surface area contributed by atoms with Gasteiger partial charge in [0.25, 0.3) is 0 Å². The summed E-state index contributed by atoms with van der Waals surface area (Å²) in [6.45, 7) is 0.0243. The van der Waals surface area contributed by atoms with Crippen LogP contribution in [-0.4, -0.2) is 24.9 Å². The van der Waals surface area contributed by atoms with Crippen LogP contribution < -0.4 is 0 Å². The second-order valence-corrected chi connectivity index (χ2v) is 5.88. The average Bonchev–Trinajstić information content (AvgIpc) is 3.21. The summed E-state index contributed by atoms with van der Waals surface area (Å²) in [4.78, 5) is 8.16. The Hall–Kier alpha value is -2.71. The van der Waals surface area contributed by atoms with Crippen LogP contribution in [-0.2, 0) is 25.6 Å². The van der Waals surface area contributed by atoms with Gasteiger partial charge in [0.2, 0.25) is 11.7 Å². The lowest BCUT2D eigenvalue weighted by atomic mass is 9.95. The quantitative estimate of drug-likeness (QED) is 0.726. The van der Waals surface area contributed by atoms with Crippen LogP contribution in [0.3, 0.4) is 0 Å². The van der Waals surface area contributed by atoms with Gasteiger partial charge in [-0.3, -0.25) is 9.67 Å². The Morgan fingerprint density at radius 2 is 1.88 bits per heavy atom. The Morgan fingerprint density at radius 1 is 1.12 bits per heavy atom. The van der Waals surface area contributed by atoms with Crippen molar-refractivity contribution in [2.45, 2.75) is 38.4 Å². The van der Waals surface area contributed by atoms with Crippen molar-refractivity contribution in [1.82, 2.24) is 24.9 Å². The molecule has 6 nitrogen and oxygen atoms in total. The molecule has 3 heterocycles. The zero-order chi connectivity index (χ0) is 17.4. The molecule has 0 saturated carbocycles. The number of halogens is 3. The summed E-state index contributed by atoms with van der Waals surface area (Å²) in [6.07, 6.45) is 1.32. The molecular weight excluding hydrogens is 335 g/mol. The van der Waals surface area contributed by atoms with Crippen LogP contribution in [0.4, 0.5) is 13.2 Å². The highest BCUT2D eigenvalue weighted by Gasteiger charge is 2.39. The normalized spacial score (nSPS) is 14.5. The molecule has 0 amide bonds. The van der Waals surface area contributed by atoms with E-state index >= 15 is 0 Å². The van der Waals surface area contributed by atoms with E-state index in [0.29, 0.717) is 29.9 Å². The molecule has 0 unspecified atom stereocenters. The number of pyridine rings is 1. The minimum Gasteiger partial charge on any atom is -0.337 e. The van der Waals surface area contributed by atoms with E-state index in [4.69, 9.17) is 4.52 Å². The first-order chi connectivity index (χ1) is 12.0. The zero-order valence-corrected chi connectivity index (χ0v) is 13.1. The van der Waals surface area contributed by atoms with Crippen LogP contribution >= 0.6 is 0 Å². The lowest BCUT2D eigenvalue weighted by Gasteiger charge is -2.14. The molecule has 4 rings (SSSR count). The van der Waals surface area contributed by atoms with Crippen LogP contribution in [0.15, 0.2) is 29.0 Å². The summed E-state index contributed by atoms with van der Waals surface area (Å²) < 4.78 is 46.2. The van der Waals surface area contributed by atoms with Crippen molar-refractivity contribution >= 4 is 0 Å². The summed E-state index contributed by atoms with van der Waals surface area (Å²) in [5.41, 5.74) is 0.842. The molecule has 0 saturated heterocycles. The summed E-state index contributed by atoms with van der Waals surface area (Å²) in [5, 5.41) is 7.67. The Balaban J connectivity index is 1.65. The molecule has 0 N–H and O–H groups in total. The Labute approximate surface area is 140 Å². The molecule has 0 aliphatic heterocycles. The maximum Gasteiger partial charge on any atom is 0.435 e. The van der Waals surface area contributed by atoms with E-state index in [1.807, 2.05) is 0 Å². The van der Waals surface area contributed by atoms with Gasteiger partial charge in [0.1, 0.15) is 6.54 Å². The number of aromatic nitrogens is 5. The predicted octanol–water partition coefficient (Wildman–Crippen LogP) is 3.27. The highest BCUT2D eigenvalue weighted by Crippen LogP contribution is 2.36. The molecule has 3 aromatic heterocycles. The molecule has 9 heteroatoms. The largest absolute Gasteiger partial charge is 0.435 e. The van der Waals surface area contributed by atoms with E-state index in [0.717, 1.165) is 18.4 Å². The van der Waals surface area contributed by atoms with Gasteiger partial charge in [0.15, 0.2) is 5.69 Å². The Morgan fingerprint density at radius 3 is 2.64 bits per heavy atom. The highest BCUT2D eigenvalue weighted by molar-refractivity contribution is 5.52. The van der Waals surface area contributed by atoms with Gasteiger partial charge in [-0.1, -0.05) is 5.16 Å². The first-order valence-electron chi connectivity index (χ1n) is 7.91. The standard InChI is InChI=1S/C16H14F3N5O/c17-16(18,19)14-11-3-1-2-4-12(11)24(22-14)9-13-21-15(23-25-13)10-5-7-20-8-6-10/h5-8H,1-4,9H2. The molecule has 0 aromatic carbocycles. The van der Waals surface area contributed by atoms with Crippen molar-refractivity contribution < 1.29 is 17.7 Å². The van der Waals surface area contributed by atoms with Crippen LogP contribution in [0.1, 0.15) is 35.7 Å². The number of rotatable bonds is 3. The van der Waals surface area contributed by atoms with E-state index < -0.39 is 11.9 Å². The molecule has 0 fully saturated rings. The van der Waals surface area contributed by atoms with Crippen LogP contribution in [0, 0.1) is 0 Å². The number of hydrogen-bond acceptors (Lipinski definition) is 5. The zero-order valence-electron chi connectivity index (χ0n) is 13.1. The van der Waals surface area contributed by atoms with E-state index in [1.54, 1.807) is 24.5 Å². The van der Waals surface area contributed by atoms with Gasteiger partial charge < -0.3 is 4.52 Å². The summed E-state index contributed by atoms with van der Waals surface area (Å²) in [7, 11) is 0. The monoisotopic (exact) mass is 349 g/mol. The van der Waals surface area contributed by atoms with E-state index in [-0.39, 0.29) is 12.4 Å². The van der Waals surface area contributed by atoms with Gasteiger partial charge in [0, 0.05) is 29.2 Å². The van der Waals surface area contributed by atoms with Gasteiger partial charge in [-0.05, 0) is 37.8 Å². The summed E-state index contributed by atoms with van der Waals surface area (Å²) >= 11 is 0. The van der Waals surface area contributed by atoms with Crippen molar-refractivity contribution in [2.24, 2.45) is 0 Å². The van der Waals surface area contributed by atoms with E-state index in [1.165, 1.54) is 4.68 Å². The van der Waals surface area contributed by atoms with Gasteiger partial charge in [-0.15, -0.1) is 0 Å². The summed E-state index contributed by atoms with van der Waals surface area (Å²) in [5.74, 6) is 0.589. The molecule has 1 aliphatic rings. The lowest BCUT2D eigenvalue weighted by Crippen LogP contribution is -2.11. The molecule has 1 aliphatic carbocycles. The number of fused-ring (bicyclic) bond motifs is 1. The maximum atomic E-state index is 13.2. The number of hydrogen-bond donors (Lipinski definition) is 0. The van der Waals surface area contributed by atoms with E-state index in [9.17, 15) is 13.2 Å². The molecule has 25 heavy (non-hydrogen) atoms. The van der Waals surface area contributed by atoms with Crippen molar-refractivity contribution in [3.05, 3.63) is 47.4 Å². The van der Waals surface area contributed by atoms with Gasteiger partial charge in [-0.2, -0.15) is 23.3 Å². The fraction of sp³-hybridized carbons (Fsp3) is 0.375. The minimum atomic E-state index is -4.45. The predicted molar refractivity (Wildman–Crippen MR) is 80.5 cm³/mol. The Kier molecular flexibility index (Phi) is 3.78. The number of nitrogens with zero attached hydrogens (tertiary/aromatic N) is 5. The lowest BCUT2D eigenvalue weighted by molar-refractivity contribution is -0.142. The van der Waals surface area contributed by atoms with Gasteiger partial charge in [-0.25, -0.2) is 0 Å². The van der Waals surface area contributed by atoms with Crippen molar-refractivity contribution in [2.75, 3.05) is 0 Å². The van der Waals surface area contributed by atoms with Crippen LogP contribution in [0.5, 0.6) is 0 Å². The molecule has 130 valence electrons. The van der Waals surface area contributed by atoms with E-state index in [2.05, 4.69) is 20.2 Å².